The number of amides is 2. The molecule has 1 saturated heterocycles. The number of aryl methyl sites for hydroxylation is 1. The Hall–Kier alpha value is -2.63. The minimum absolute atomic E-state index is 0.0146. The van der Waals surface area contributed by atoms with Crippen molar-refractivity contribution in [2.45, 2.75) is 38.6 Å². The molecule has 0 radical (unpaired) electrons. The fraction of sp³-hybridized carbons (Fsp3) is 0.450. The van der Waals surface area contributed by atoms with Crippen LogP contribution < -0.4 is 5.32 Å². The molecule has 2 heterocycles. The molecule has 2 amide bonds. The second-order valence-corrected chi connectivity index (χ2v) is 7.37. The van der Waals surface area contributed by atoms with Crippen LogP contribution in [0.4, 0.5) is 0 Å². The van der Waals surface area contributed by atoms with Gasteiger partial charge in [-0.25, -0.2) is 0 Å². The highest BCUT2D eigenvalue weighted by molar-refractivity contribution is 6.45. The average molecular weight is 353 g/mol. The van der Waals surface area contributed by atoms with Crippen molar-refractivity contribution in [2.24, 2.45) is 5.92 Å². The number of hydrogen-bond donors (Lipinski definition) is 2. The van der Waals surface area contributed by atoms with Crippen LogP contribution in [-0.4, -0.2) is 46.6 Å². The van der Waals surface area contributed by atoms with Crippen LogP contribution in [0.1, 0.15) is 41.7 Å². The van der Waals surface area contributed by atoms with E-state index in [1.54, 1.807) is 4.90 Å². The van der Waals surface area contributed by atoms with E-state index in [2.05, 4.69) is 10.3 Å². The summed E-state index contributed by atoms with van der Waals surface area (Å²) >= 11 is 0. The number of Topliss-reactive ketones (excluding diaryl/α,β-unsaturated/α-hetero) is 1. The van der Waals surface area contributed by atoms with E-state index in [1.165, 1.54) is 0 Å². The first-order valence-electron chi connectivity index (χ1n) is 9.26. The molecule has 1 aromatic carbocycles. The molecule has 2 aromatic rings. The number of rotatable bonds is 4. The van der Waals surface area contributed by atoms with Crippen LogP contribution in [0.25, 0.3) is 10.9 Å². The zero-order valence-corrected chi connectivity index (χ0v) is 14.9. The molecule has 26 heavy (non-hydrogen) atoms. The standard InChI is InChI=1S/C20H23N3O3/c1-12-17(15-6-2-3-7-16(15)21-12)18(24)20(26)23-10-4-5-13(11-23)19(25)22-14-8-9-14/h2-3,6-7,13-14,21H,4-5,8-11H2,1H3,(H,22,25). The van der Waals surface area contributed by atoms with Gasteiger partial charge in [-0.15, -0.1) is 0 Å². The maximum Gasteiger partial charge on any atom is 0.295 e. The van der Waals surface area contributed by atoms with Crippen LogP contribution in [0.5, 0.6) is 0 Å². The van der Waals surface area contributed by atoms with E-state index in [-0.39, 0.29) is 11.8 Å². The van der Waals surface area contributed by atoms with E-state index in [0.29, 0.717) is 30.4 Å². The maximum atomic E-state index is 12.9. The van der Waals surface area contributed by atoms with Crippen LogP contribution in [0.2, 0.25) is 0 Å². The Morgan fingerprint density at radius 3 is 2.69 bits per heavy atom. The van der Waals surface area contributed by atoms with Gasteiger partial charge in [0.15, 0.2) is 0 Å². The van der Waals surface area contributed by atoms with Crippen molar-refractivity contribution in [2.75, 3.05) is 13.1 Å². The largest absolute Gasteiger partial charge is 0.358 e. The monoisotopic (exact) mass is 353 g/mol. The topological polar surface area (TPSA) is 82.3 Å². The Balaban J connectivity index is 1.51. The van der Waals surface area contributed by atoms with Gasteiger partial charge in [-0.3, -0.25) is 14.4 Å². The van der Waals surface area contributed by atoms with Crippen molar-refractivity contribution in [3.8, 4) is 0 Å². The Labute approximate surface area is 151 Å². The van der Waals surface area contributed by atoms with Crippen LogP contribution in [0.3, 0.4) is 0 Å². The third-order valence-electron chi connectivity index (χ3n) is 5.32. The van der Waals surface area contributed by atoms with E-state index in [1.807, 2.05) is 31.2 Å². The number of fused-ring (bicyclic) bond motifs is 1. The summed E-state index contributed by atoms with van der Waals surface area (Å²) in [6.07, 6.45) is 3.59. The molecular formula is C20H23N3O3. The number of piperidine rings is 1. The van der Waals surface area contributed by atoms with Crippen LogP contribution >= 0.6 is 0 Å². The fourth-order valence-electron chi connectivity index (χ4n) is 3.74. The van der Waals surface area contributed by atoms with Gasteiger partial charge in [-0.2, -0.15) is 0 Å². The Morgan fingerprint density at radius 2 is 1.92 bits per heavy atom. The molecule has 1 unspecified atom stereocenters. The van der Waals surface area contributed by atoms with Gasteiger partial charge in [0.05, 0.1) is 11.5 Å². The SMILES string of the molecule is Cc1[nH]c2ccccc2c1C(=O)C(=O)N1CCCC(C(=O)NC2CC2)C1. The number of aromatic amines is 1. The second-order valence-electron chi connectivity index (χ2n) is 7.37. The average Bonchev–Trinajstić information content (AvgIpc) is 3.40. The summed E-state index contributed by atoms with van der Waals surface area (Å²) in [5.41, 5.74) is 1.99. The van der Waals surface area contributed by atoms with Crippen LogP contribution in [-0.2, 0) is 9.59 Å². The first-order chi connectivity index (χ1) is 12.5. The number of para-hydroxylation sites is 1. The molecule has 4 rings (SSSR count). The van der Waals surface area contributed by atoms with Gasteiger partial charge < -0.3 is 15.2 Å². The number of likely N-dealkylation sites (tertiary alicyclic amines) is 1. The number of nitrogens with zero attached hydrogens (tertiary/aromatic N) is 1. The Bertz CT molecular complexity index is 882. The van der Waals surface area contributed by atoms with Gasteiger partial charge in [0.1, 0.15) is 0 Å². The van der Waals surface area contributed by atoms with Crippen LogP contribution in [0.15, 0.2) is 24.3 Å². The number of nitrogens with one attached hydrogen (secondary N) is 2. The van der Waals surface area contributed by atoms with Crippen molar-refractivity contribution in [1.82, 2.24) is 15.2 Å². The number of hydrogen-bond acceptors (Lipinski definition) is 3. The summed E-state index contributed by atoms with van der Waals surface area (Å²) < 4.78 is 0. The van der Waals surface area contributed by atoms with Crippen LogP contribution in [0, 0.1) is 12.8 Å². The number of aromatic nitrogens is 1. The van der Waals surface area contributed by atoms with Crippen molar-refractivity contribution in [1.29, 1.82) is 0 Å². The van der Waals surface area contributed by atoms with E-state index in [9.17, 15) is 14.4 Å². The van der Waals surface area contributed by atoms with E-state index in [4.69, 9.17) is 0 Å². The fourth-order valence-corrected chi connectivity index (χ4v) is 3.74. The highest BCUT2D eigenvalue weighted by atomic mass is 16.2. The Kier molecular flexibility index (Phi) is 4.26. The molecular weight excluding hydrogens is 330 g/mol. The number of H-pyrrole nitrogens is 1. The molecule has 1 aromatic heterocycles. The smallest absolute Gasteiger partial charge is 0.295 e. The summed E-state index contributed by atoms with van der Waals surface area (Å²) in [5, 5.41) is 3.77. The highest BCUT2D eigenvalue weighted by Crippen LogP contribution is 2.25. The summed E-state index contributed by atoms with van der Waals surface area (Å²) in [5.74, 6) is -1.21. The lowest BCUT2D eigenvalue weighted by atomic mass is 9.96. The minimum Gasteiger partial charge on any atom is -0.358 e. The molecule has 136 valence electrons. The number of benzene rings is 1. The van der Waals surface area contributed by atoms with Crippen molar-refractivity contribution < 1.29 is 14.4 Å². The molecule has 0 spiro atoms. The molecule has 1 aliphatic heterocycles. The van der Waals surface area contributed by atoms with E-state index < -0.39 is 11.7 Å². The third kappa shape index (κ3) is 3.11. The summed E-state index contributed by atoms with van der Waals surface area (Å²) in [6.45, 7) is 2.66. The third-order valence-corrected chi connectivity index (χ3v) is 5.32. The minimum atomic E-state index is -0.512. The molecule has 6 heteroatoms. The molecule has 1 aliphatic carbocycles. The zero-order chi connectivity index (χ0) is 18.3. The van der Waals surface area contributed by atoms with Gasteiger partial charge in [0.2, 0.25) is 5.91 Å². The van der Waals surface area contributed by atoms with Gasteiger partial charge in [0.25, 0.3) is 11.7 Å². The summed E-state index contributed by atoms with van der Waals surface area (Å²) in [6, 6.07) is 7.80. The molecule has 1 atom stereocenters. The van der Waals surface area contributed by atoms with Crippen molar-refractivity contribution in [3.63, 3.8) is 0 Å². The molecule has 2 fully saturated rings. The first-order valence-corrected chi connectivity index (χ1v) is 9.26. The molecule has 6 nitrogen and oxygen atoms in total. The lowest BCUT2D eigenvalue weighted by Gasteiger charge is -2.31. The molecule has 2 N–H and O–H groups in total. The van der Waals surface area contributed by atoms with Gasteiger partial charge in [-0.05, 0) is 38.7 Å². The lowest BCUT2D eigenvalue weighted by Crippen LogP contribution is -2.47. The quantitative estimate of drug-likeness (QED) is 0.653. The number of carbonyl (C=O) groups is 3. The lowest BCUT2D eigenvalue weighted by molar-refractivity contribution is -0.132. The molecule has 2 aliphatic rings. The van der Waals surface area contributed by atoms with Crippen molar-refractivity contribution >= 4 is 28.5 Å². The maximum absolute atomic E-state index is 12.9. The normalized spacial score (nSPS) is 20.2. The molecule has 0 bridgehead atoms. The highest BCUT2D eigenvalue weighted by Gasteiger charge is 2.34. The van der Waals surface area contributed by atoms with E-state index >= 15 is 0 Å². The number of carbonyl (C=O) groups excluding carboxylic acids is 3. The van der Waals surface area contributed by atoms with E-state index in [0.717, 1.165) is 36.6 Å². The predicted molar refractivity (Wildman–Crippen MR) is 97.8 cm³/mol. The predicted octanol–water partition coefficient (Wildman–Crippen LogP) is 2.18. The summed E-state index contributed by atoms with van der Waals surface area (Å²) in [4.78, 5) is 42.7. The summed E-state index contributed by atoms with van der Waals surface area (Å²) in [7, 11) is 0. The van der Waals surface area contributed by atoms with Gasteiger partial charge in [-0.1, -0.05) is 18.2 Å². The van der Waals surface area contributed by atoms with Gasteiger partial charge >= 0.3 is 0 Å². The second kappa shape index (κ2) is 6.59. The van der Waals surface area contributed by atoms with Gasteiger partial charge in [0, 0.05) is 35.7 Å². The zero-order valence-electron chi connectivity index (χ0n) is 14.9. The molecule has 1 saturated carbocycles. The number of ketones is 1. The first kappa shape index (κ1) is 16.8. The Morgan fingerprint density at radius 1 is 1.15 bits per heavy atom. The van der Waals surface area contributed by atoms with Crippen molar-refractivity contribution in [3.05, 3.63) is 35.5 Å².